The second kappa shape index (κ2) is 9.01. The first-order valence-corrected chi connectivity index (χ1v) is 11.7. The lowest BCUT2D eigenvalue weighted by Crippen LogP contribution is -2.41. The number of rotatable bonds is 6. The molecule has 7 heteroatoms. The van der Waals surface area contributed by atoms with E-state index in [9.17, 15) is 13.2 Å². The Labute approximate surface area is 182 Å². The van der Waals surface area contributed by atoms with Gasteiger partial charge in [-0.05, 0) is 47.7 Å². The standard InChI is InChI=1S/C24H25N3O3S/c25-31(29,30)21-11-6-10-20(16-21)26-24(28)17-27-14-13-19-9-4-5-12-22(19)23(27)15-18-7-2-1-3-8-18/h1-12,16,23H,13-15,17H2,(H,26,28)(H2,25,29,30)/t23-/m0/s1. The molecule has 1 aliphatic heterocycles. The number of nitrogens with zero attached hydrogens (tertiary/aromatic N) is 1. The highest BCUT2D eigenvalue weighted by Crippen LogP contribution is 2.32. The second-order valence-electron chi connectivity index (χ2n) is 7.75. The third-order valence-corrected chi connectivity index (χ3v) is 6.50. The first-order chi connectivity index (χ1) is 14.9. The third-order valence-electron chi connectivity index (χ3n) is 5.59. The number of benzene rings is 3. The Bertz CT molecular complexity index is 1180. The smallest absolute Gasteiger partial charge is 0.238 e. The lowest BCUT2D eigenvalue weighted by Gasteiger charge is -2.37. The predicted molar refractivity (Wildman–Crippen MR) is 121 cm³/mol. The van der Waals surface area contributed by atoms with Crippen LogP contribution in [0.1, 0.15) is 22.7 Å². The minimum Gasteiger partial charge on any atom is -0.325 e. The summed E-state index contributed by atoms with van der Waals surface area (Å²) in [5, 5.41) is 8.00. The van der Waals surface area contributed by atoms with Gasteiger partial charge in [0.25, 0.3) is 0 Å². The lowest BCUT2D eigenvalue weighted by atomic mass is 9.88. The van der Waals surface area contributed by atoms with Crippen LogP contribution in [0, 0.1) is 0 Å². The fraction of sp³-hybridized carbons (Fsp3) is 0.208. The van der Waals surface area contributed by atoms with Crippen LogP contribution in [0.5, 0.6) is 0 Å². The van der Waals surface area contributed by atoms with Crippen molar-refractivity contribution in [2.24, 2.45) is 5.14 Å². The first-order valence-electron chi connectivity index (χ1n) is 10.2. The molecule has 0 bridgehead atoms. The first kappa shape index (κ1) is 21.2. The Kier molecular flexibility index (Phi) is 6.18. The predicted octanol–water partition coefficient (Wildman–Crippen LogP) is 3.11. The van der Waals surface area contributed by atoms with E-state index in [2.05, 4.69) is 40.5 Å². The van der Waals surface area contributed by atoms with Crippen LogP contribution in [-0.4, -0.2) is 32.3 Å². The number of amides is 1. The zero-order valence-corrected chi connectivity index (χ0v) is 17.9. The SMILES string of the molecule is NS(=O)(=O)c1cccc(NC(=O)CN2CCc3ccccc3[C@@H]2Cc2ccccc2)c1. The van der Waals surface area contributed by atoms with Crippen LogP contribution in [0.2, 0.25) is 0 Å². The van der Waals surface area contributed by atoms with Gasteiger partial charge in [0, 0.05) is 18.3 Å². The van der Waals surface area contributed by atoms with Crippen LogP contribution in [-0.2, 0) is 27.7 Å². The van der Waals surface area contributed by atoms with Crippen molar-refractivity contribution < 1.29 is 13.2 Å². The molecule has 0 saturated carbocycles. The van der Waals surface area contributed by atoms with Gasteiger partial charge in [0.2, 0.25) is 15.9 Å². The number of sulfonamides is 1. The van der Waals surface area contributed by atoms with Crippen molar-refractivity contribution in [1.29, 1.82) is 0 Å². The van der Waals surface area contributed by atoms with Gasteiger partial charge >= 0.3 is 0 Å². The number of carbonyl (C=O) groups is 1. The van der Waals surface area contributed by atoms with Crippen molar-refractivity contribution in [1.82, 2.24) is 4.90 Å². The zero-order valence-electron chi connectivity index (χ0n) is 17.1. The van der Waals surface area contributed by atoms with Crippen molar-refractivity contribution in [2.75, 3.05) is 18.4 Å². The van der Waals surface area contributed by atoms with Crippen LogP contribution in [0.3, 0.4) is 0 Å². The van der Waals surface area contributed by atoms with E-state index in [0.717, 1.165) is 19.4 Å². The van der Waals surface area contributed by atoms with Gasteiger partial charge < -0.3 is 5.32 Å². The van der Waals surface area contributed by atoms with Crippen LogP contribution in [0.4, 0.5) is 5.69 Å². The van der Waals surface area contributed by atoms with Gasteiger partial charge in [-0.15, -0.1) is 0 Å². The molecule has 1 aliphatic rings. The quantitative estimate of drug-likeness (QED) is 0.622. The largest absolute Gasteiger partial charge is 0.325 e. The van der Waals surface area contributed by atoms with E-state index < -0.39 is 10.0 Å². The van der Waals surface area contributed by atoms with Gasteiger partial charge in [0.15, 0.2) is 0 Å². The summed E-state index contributed by atoms with van der Waals surface area (Å²) >= 11 is 0. The van der Waals surface area contributed by atoms with Crippen LogP contribution in [0.15, 0.2) is 83.8 Å². The molecule has 0 saturated heterocycles. The fourth-order valence-corrected chi connectivity index (χ4v) is 4.66. The molecule has 3 aromatic carbocycles. The number of fused-ring (bicyclic) bond motifs is 1. The monoisotopic (exact) mass is 435 g/mol. The molecular weight excluding hydrogens is 410 g/mol. The number of carbonyl (C=O) groups excluding carboxylic acids is 1. The molecule has 3 N–H and O–H groups in total. The Morgan fingerprint density at radius 1 is 1.00 bits per heavy atom. The number of hydrogen-bond donors (Lipinski definition) is 2. The van der Waals surface area contributed by atoms with E-state index in [0.29, 0.717) is 5.69 Å². The molecule has 160 valence electrons. The van der Waals surface area contributed by atoms with Gasteiger partial charge in [-0.1, -0.05) is 60.7 Å². The van der Waals surface area contributed by atoms with Gasteiger partial charge in [-0.25, -0.2) is 13.6 Å². The van der Waals surface area contributed by atoms with E-state index in [1.165, 1.54) is 28.8 Å². The van der Waals surface area contributed by atoms with Crippen molar-refractivity contribution in [3.63, 3.8) is 0 Å². The Hall–Kier alpha value is -3.00. The van der Waals surface area contributed by atoms with E-state index in [1.807, 2.05) is 24.3 Å². The van der Waals surface area contributed by atoms with Crippen molar-refractivity contribution in [3.8, 4) is 0 Å². The van der Waals surface area contributed by atoms with Gasteiger partial charge in [0.05, 0.1) is 11.4 Å². The average Bonchev–Trinajstić information content (AvgIpc) is 2.76. The van der Waals surface area contributed by atoms with E-state index in [1.54, 1.807) is 12.1 Å². The maximum absolute atomic E-state index is 12.8. The summed E-state index contributed by atoms with van der Waals surface area (Å²) < 4.78 is 23.2. The molecule has 0 aromatic heterocycles. The van der Waals surface area contributed by atoms with Gasteiger partial charge in [0.1, 0.15) is 0 Å². The molecule has 0 aliphatic carbocycles. The number of anilines is 1. The summed E-state index contributed by atoms with van der Waals surface area (Å²) in [6, 6.07) is 24.7. The molecule has 3 aromatic rings. The van der Waals surface area contributed by atoms with Crippen LogP contribution >= 0.6 is 0 Å². The number of nitrogens with one attached hydrogen (secondary N) is 1. The fourth-order valence-electron chi connectivity index (χ4n) is 4.11. The van der Waals surface area contributed by atoms with Crippen molar-refractivity contribution in [2.45, 2.75) is 23.8 Å². The Balaban J connectivity index is 1.53. The van der Waals surface area contributed by atoms with Gasteiger partial charge in [-0.2, -0.15) is 0 Å². The molecule has 31 heavy (non-hydrogen) atoms. The van der Waals surface area contributed by atoms with Crippen LogP contribution in [0.25, 0.3) is 0 Å². The number of primary sulfonamides is 1. The summed E-state index contributed by atoms with van der Waals surface area (Å²) in [4.78, 5) is 15.0. The van der Waals surface area contributed by atoms with Crippen molar-refractivity contribution in [3.05, 3.63) is 95.6 Å². The molecule has 1 amide bonds. The van der Waals surface area contributed by atoms with E-state index in [4.69, 9.17) is 5.14 Å². The molecule has 0 spiro atoms. The highest BCUT2D eigenvalue weighted by molar-refractivity contribution is 7.89. The summed E-state index contributed by atoms with van der Waals surface area (Å²) in [5.74, 6) is -0.191. The topological polar surface area (TPSA) is 92.5 Å². The molecule has 4 rings (SSSR count). The highest BCUT2D eigenvalue weighted by atomic mass is 32.2. The van der Waals surface area contributed by atoms with Crippen LogP contribution < -0.4 is 10.5 Å². The zero-order chi connectivity index (χ0) is 21.8. The molecule has 0 radical (unpaired) electrons. The maximum atomic E-state index is 12.8. The molecule has 1 atom stereocenters. The summed E-state index contributed by atoms with van der Waals surface area (Å²) in [5.41, 5.74) is 4.20. The van der Waals surface area contributed by atoms with Crippen molar-refractivity contribution >= 4 is 21.6 Å². The Morgan fingerprint density at radius 3 is 2.52 bits per heavy atom. The maximum Gasteiger partial charge on any atom is 0.238 e. The molecule has 0 fully saturated rings. The average molecular weight is 436 g/mol. The summed E-state index contributed by atoms with van der Waals surface area (Å²) in [6.45, 7) is 0.991. The molecule has 6 nitrogen and oxygen atoms in total. The normalized spacial score (nSPS) is 16.5. The number of hydrogen-bond acceptors (Lipinski definition) is 4. The van der Waals surface area contributed by atoms with E-state index >= 15 is 0 Å². The van der Waals surface area contributed by atoms with Gasteiger partial charge in [-0.3, -0.25) is 9.69 Å². The summed E-state index contributed by atoms with van der Waals surface area (Å²) in [6.07, 6.45) is 1.70. The highest BCUT2D eigenvalue weighted by Gasteiger charge is 2.28. The summed E-state index contributed by atoms with van der Waals surface area (Å²) in [7, 11) is -3.83. The third kappa shape index (κ3) is 5.19. The minimum absolute atomic E-state index is 0.0286. The second-order valence-corrected chi connectivity index (χ2v) is 9.31. The molecular formula is C24H25N3O3S. The number of nitrogens with two attached hydrogens (primary N) is 1. The minimum atomic E-state index is -3.83. The molecule has 1 heterocycles. The van der Waals surface area contributed by atoms with E-state index in [-0.39, 0.29) is 23.4 Å². The Morgan fingerprint density at radius 2 is 1.74 bits per heavy atom. The lowest BCUT2D eigenvalue weighted by molar-refractivity contribution is -0.118. The molecule has 0 unspecified atom stereocenters.